The van der Waals surface area contributed by atoms with Gasteiger partial charge in [0.2, 0.25) is 6.17 Å². The average Bonchev–Trinajstić information content (AvgIpc) is 2.46. The normalized spacial score (nSPS) is 21.1. The van der Waals surface area contributed by atoms with E-state index in [0.717, 1.165) is 18.7 Å². The molecule has 0 fully saturated rings. The summed E-state index contributed by atoms with van der Waals surface area (Å²) in [6, 6.07) is 6.97. The smallest absolute Gasteiger partial charge is 0.243 e. The maximum absolute atomic E-state index is 11.7. The molecule has 0 bridgehead atoms. The highest BCUT2D eigenvalue weighted by Gasteiger charge is 2.37. The van der Waals surface area contributed by atoms with Gasteiger partial charge in [0.05, 0.1) is 18.0 Å². The SMILES string of the molecule is CC[N+]1(CC)[C]=NC=NC1c1cccc(S(C)(=O)=O)c1. The average molecular weight is 293 g/mol. The van der Waals surface area contributed by atoms with Gasteiger partial charge >= 0.3 is 6.34 Å². The third-order valence-corrected chi connectivity index (χ3v) is 4.81. The van der Waals surface area contributed by atoms with Crippen molar-refractivity contribution in [3.05, 3.63) is 29.8 Å². The lowest BCUT2D eigenvalue weighted by molar-refractivity contribution is -0.864. The number of rotatable bonds is 4. The van der Waals surface area contributed by atoms with Gasteiger partial charge in [-0.25, -0.2) is 17.9 Å². The second kappa shape index (κ2) is 5.46. The molecule has 1 aliphatic heterocycles. The van der Waals surface area contributed by atoms with Crippen LogP contribution in [0, 0.1) is 0 Å². The minimum atomic E-state index is -3.22. The van der Waals surface area contributed by atoms with E-state index in [2.05, 4.69) is 30.2 Å². The van der Waals surface area contributed by atoms with E-state index in [1.165, 1.54) is 12.6 Å². The summed E-state index contributed by atoms with van der Waals surface area (Å²) in [6.07, 6.45) is 5.61. The van der Waals surface area contributed by atoms with Crippen LogP contribution in [0.2, 0.25) is 0 Å². The lowest BCUT2D eigenvalue weighted by Gasteiger charge is -2.36. The summed E-state index contributed by atoms with van der Waals surface area (Å²) in [5.41, 5.74) is 0.871. The maximum atomic E-state index is 11.7. The molecule has 20 heavy (non-hydrogen) atoms. The molecule has 0 aliphatic carbocycles. The van der Waals surface area contributed by atoms with Crippen LogP contribution in [0.3, 0.4) is 0 Å². The first-order valence-corrected chi connectivity index (χ1v) is 8.47. The quantitative estimate of drug-likeness (QED) is 0.796. The number of benzene rings is 1. The summed E-state index contributed by atoms with van der Waals surface area (Å²) in [7, 11) is -3.22. The molecular formula is C14H19N3O2S+. The van der Waals surface area contributed by atoms with Crippen LogP contribution in [-0.2, 0) is 9.84 Å². The highest BCUT2D eigenvalue weighted by Crippen LogP contribution is 2.31. The van der Waals surface area contributed by atoms with E-state index in [0.29, 0.717) is 9.38 Å². The Morgan fingerprint density at radius 1 is 1.30 bits per heavy atom. The van der Waals surface area contributed by atoms with Crippen molar-refractivity contribution < 1.29 is 12.9 Å². The van der Waals surface area contributed by atoms with E-state index in [1.807, 2.05) is 6.07 Å². The maximum Gasteiger partial charge on any atom is 0.314 e. The zero-order valence-electron chi connectivity index (χ0n) is 11.9. The van der Waals surface area contributed by atoms with Crippen molar-refractivity contribution in [2.75, 3.05) is 19.3 Å². The lowest BCUT2D eigenvalue weighted by Crippen LogP contribution is -2.49. The van der Waals surface area contributed by atoms with Crippen molar-refractivity contribution in [3.8, 4) is 0 Å². The third-order valence-electron chi connectivity index (χ3n) is 3.70. The standard InChI is InChI=1S/C14H19N3O2S/c1-4-17(5-2)11-15-10-16-14(17)12-7-6-8-13(9-12)20(3,18)19/h6-10,14H,4-5H2,1-3H3/q+1. The topological polar surface area (TPSA) is 58.9 Å². The van der Waals surface area contributed by atoms with Crippen molar-refractivity contribution in [1.82, 2.24) is 0 Å². The van der Waals surface area contributed by atoms with Crippen LogP contribution in [0.25, 0.3) is 0 Å². The fourth-order valence-electron chi connectivity index (χ4n) is 2.41. The fraction of sp³-hybridized carbons (Fsp3) is 0.429. The first-order chi connectivity index (χ1) is 9.43. The van der Waals surface area contributed by atoms with Gasteiger partial charge in [0.25, 0.3) is 0 Å². The molecular weight excluding hydrogens is 274 g/mol. The van der Waals surface area contributed by atoms with Crippen molar-refractivity contribution >= 4 is 22.5 Å². The second-order valence-corrected chi connectivity index (χ2v) is 6.89. The van der Waals surface area contributed by atoms with E-state index in [-0.39, 0.29) is 6.17 Å². The fourth-order valence-corrected chi connectivity index (χ4v) is 3.08. The van der Waals surface area contributed by atoms with Crippen LogP contribution in [0.15, 0.2) is 39.1 Å². The Morgan fingerprint density at radius 2 is 2.00 bits per heavy atom. The molecule has 0 saturated heterocycles. The first kappa shape index (κ1) is 14.9. The molecule has 2 rings (SSSR count). The summed E-state index contributed by atoms with van der Waals surface area (Å²) >= 11 is 0. The predicted molar refractivity (Wildman–Crippen MR) is 79.6 cm³/mol. The van der Waals surface area contributed by atoms with E-state index in [1.54, 1.807) is 18.2 Å². The second-order valence-electron chi connectivity index (χ2n) is 4.88. The highest BCUT2D eigenvalue weighted by molar-refractivity contribution is 7.90. The molecule has 1 atom stereocenters. The minimum Gasteiger partial charge on any atom is -0.243 e. The number of nitrogens with zero attached hydrogens (tertiary/aromatic N) is 3. The first-order valence-electron chi connectivity index (χ1n) is 6.58. The molecule has 1 unspecified atom stereocenters. The van der Waals surface area contributed by atoms with Crippen LogP contribution in [0.1, 0.15) is 25.6 Å². The van der Waals surface area contributed by atoms with Crippen LogP contribution < -0.4 is 0 Å². The molecule has 0 N–H and O–H groups in total. The van der Waals surface area contributed by atoms with Gasteiger partial charge in [-0.05, 0) is 26.0 Å². The Balaban J connectivity index is 2.50. The van der Waals surface area contributed by atoms with Gasteiger partial charge in [-0.1, -0.05) is 12.1 Å². The number of hydrogen-bond acceptors (Lipinski definition) is 4. The molecule has 1 radical (unpaired) electrons. The minimum absolute atomic E-state index is 0.191. The molecule has 1 aromatic carbocycles. The molecule has 5 nitrogen and oxygen atoms in total. The summed E-state index contributed by atoms with van der Waals surface area (Å²) in [5, 5.41) is 0. The van der Waals surface area contributed by atoms with Crippen molar-refractivity contribution in [1.29, 1.82) is 0 Å². The Bertz CT molecular complexity index is 646. The molecule has 1 aromatic rings. The van der Waals surface area contributed by atoms with Gasteiger partial charge in [0.15, 0.2) is 9.84 Å². The van der Waals surface area contributed by atoms with Gasteiger partial charge in [0.1, 0.15) is 6.34 Å². The predicted octanol–water partition coefficient (Wildman–Crippen LogP) is 1.89. The number of quaternary nitrogens is 1. The Morgan fingerprint density at radius 3 is 2.60 bits per heavy atom. The zero-order chi connectivity index (χ0) is 14.8. The van der Waals surface area contributed by atoms with Gasteiger partial charge < -0.3 is 0 Å². The number of sulfone groups is 1. The molecule has 1 heterocycles. The molecule has 0 saturated carbocycles. The monoisotopic (exact) mass is 293 g/mol. The molecule has 0 spiro atoms. The van der Waals surface area contributed by atoms with Crippen molar-refractivity contribution in [2.24, 2.45) is 9.98 Å². The number of aliphatic imine (C=N–C) groups is 2. The lowest BCUT2D eigenvalue weighted by atomic mass is 10.1. The largest absolute Gasteiger partial charge is 0.314 e. The van der Waals surface area contributed by atoms with Gasteiger partial charge in [-0.2, -0.15) is 4.99 Å². The van der Waals surface area contributed by atoms with E-state index >= 15 is 0 Å². The molecule has 107 valence electrons. The zero-order valence-corrected chi connectivity index (χ0v) is 12.8. The highest BCUT2D eigenvalue weighted by atomic mass is 32.2. The number of hydrogen-bond donors (Lipinski definition) is 0. The molecule has 6 heteroatoms. The van der Waals surface area contributed by atoms with Crippen molar-refractivity contribution in [3.63, 3.8) is 0 Å². The van der Waals surface area contributed by atoms with Crippen LogP contribution in [-0.4, -0.2) is 44.9 Å². The molecule has 0 amide bonds. The summed E-state index contributed by atoms with van der Waals surface area (Å²) < 4.78 is 23.9. The van der Waals surface area contributed by atoms with Crippen molar-refractivity contribution in [2.45, 2.75) is 24.9 Å². The third kappa shape index (κ3) is 2.66. The van der Waals surface area contributed by atoms with E-state index in [4.69, 9.17) is 0 Å². The summed E-state index contributed by atoms with van der Waals surface area (Å²) in [5.74, 6) is 0. The Hall–Kier alpha value is -1.53. The van der Waals surface area contributed by atoms with Crippen LogP contribution in [0.5, 0.6) is 0 Å². The van der Waals surface area contributed by atoms with E-state index in [9.17, 15) is 8.42 Å². The Labute approximate surface area is 120 Å². The Kier molecular flexibility index (Phi) is 4.06. The summed E-state index contributed by atoms with van der Waals surface area (Å²) in [6.45, 7) is 5.71. The van der Waals surface area contributed by atoms with Gasteiger partial charge in [-0.15, -0.1) is 0 Å². The molecule has 1 aliphatic rings. The van der Waals surface area contributed by atoms with Crippen LogP contribution in [0.4, 0.5) is 0 Å². The van der Waals surface area contributed by atoms with E-state index < -0.39 is 9.84 Å². The van der Waals surface area contributed by atoms with Crippen LogP contribution >= 0.6 is 0 Å². The summed E-state index contributed by atoms with van der Waals surface area (Å²) in [4.78, 5) is 8.79. The van der Waals surface area contributed by atoms with Gasteiger partial charge in [-0.3, -0.25) is 0 Å². The molecule has 0 aromatic heterocycles. The van der Waals surface area contributed by atoms with Gasteiger partial charge in [0, 0.05) is 11.8 Å².